The Labute approximate surface area is 191 Å². The Morgan fingerprint density at radius 2 is 1.65 bits per heavy atom. The van der Waals surface area contributed by atoms with Crippen molar-refractivity contribution in [1.29, 1.82) is 0 Å². The van der Waals surface area contributed by atoms with Gasteiger partial charge in [0.1, 0.15) is 17.5 Å². The molecule has 3 rings (SSSR count). The molecule has 168 valence electrons. The van der Waals surface area contributed by atoms with Crippen molar-refractivity contribution in [3.63, 3.8) is 0 Å². The van der Waals surface area contributed by atoms with E-state index >= 15 is 0 Å². The van der Waals surface area contributed by atoms with E-state index in [1.54, 1.807) is 28.4 Å². The van der Waals surface area contributed by atoms with Gasteiger partial charge in [-0.1, -0.05) is 22.4 Å². The molecule has 1 aliphatic rings. The molecule has 1 fully saturated rings. The molecule has 0 aliphatic carbocycles. The minimum atomic E-state index is -0.825. The molecule has 2 aromatic rings. The highest BCUT2D eigenvalue weighted by atomic mass is 79.9. The monoisotopic (exact) mass is 493 g/mol. The Balaban J connectivity index is 2.24. The summed E-state index contributed by atoms with van der Waals surface area (Å²) in [6, 6.07) is 8.36. The zero-order valence-electron chi connectivity index (χ0n) is 18.2. The van der Waals surface area contributed by atoms with Gasteiger partial charge in [-0.15, -0.1) is 0 Å². The summed E-state index contributed by atoms with van der Waals surface area (Å²) in [6.45, 7) is 0.650. The fraction of sp³-hybridized carbons (Fsp3) is 0.435. The van der Waals surface area contributed by atoms with Crippen LogP contribution in [0.3, 0.4) is 0 Å². The number of aliphatic carboxylic acids is 1. The van der Waals surface area contributed by atoms with Gasteiger partial charge in [0.2, 0.25) is 0 Å². The van der Waals surface area contributed by atoms with Crippen LogP contribution < -0.4 is 18.9 Å². The Kier molecular flexibility index (Phi) is 7.67. The fourth-order valence-electron chi connectivity index (χ4n) is 4.18. The van der Waals surface area contributed by atoms with Gasteiger partial charge in [0, 0.05) is 16.1 Å². The van der Waals surface area contributed by atoms with Crippen LogP contribution in [-0.2, 0) is 4.79 Å². The number of benzene rings is 2. The molecule has 1 aliphatic heterocycles. The highest BCUT2D eigenvalue weighted by Crippen LogP contribution is 2.45. The molecule has 0 radical (unpaired) electrons. The summed E-state index contributed by atoms with van der Waals surface area (Å²) in [4.78, 5) is 14.2. The topological polar surface area (TPSA) is 77.5 Å². The zero-order chi connectivity index (χ0) is 22.5. The van der Waals surface area contributed by atoms with E-state index in [0.717, 1.165) is 28.4 Å². The van der Waals surface area contributed by atoms with Crippen molar-refractivity contribution in [2.45, 2.75) is 31.3 Å². The molecule has 0 saturated carbocycles. The number of carboxylic acids is 1. The molecule has 0 amide bonds. The SMILES string of the molecule is COc1ccc(C(c2cc(OC)c(OC)cc2Br)N2CCCCC2C(=O)O)c(OC)c1. The third-order valence-electron chi connectivity index (χ3n) is 5.69. The number of carbonyl (C=O) groups is 1. The molecule has 1 heterocycles. The van der Waals surface area contributed by atoms with E-state index in [2.05, 4.69) is 15.9 Å². The first-order valence-corrected chi connectivity index (χ1v) is 10.9. The Morgan fingerprint density at radius 1 is 0.968 bits per heavy atom. The van der Waals surface area contributed by atoms with Crippen molar-refractivity contribution in [2.75, 3.05) is 35.0 Å². The molecule has 0 spiro atoms. The number of carboxylic acid groups (broad SMARTS) is 1. The summed E-state index contributed by atoms with van der Waals surface area (Å²) in [7, 11) is 6.37. The smallest absolute Gasteiger partial charge is 0.320 e. The molecule has 0 aromatic heterocycles. The van der Waals surface area contributed by atoms with Crippen LogP contribution >= 0.6 is 15.9 Å². The van der Waals surface area contributed by atoms with Crippen LogP contribution in [0.5, 0.6) is 23.0 Å². The van der Waals surface area contributed by atoms with E-state index in [9.17, 15) is 9.90 Å². The van der Waals surface area contributed by atoms with E-state index in [0.29, 0.717) is 36.0 Å². The highest BCUT2D eigenvalue weighted by Gasteiger charge is 2.37. The maximum atomic E-state index is 12.1. The molecule has 8 heteroatoms. The van der Waals surface area contributed by atoms with Gasteiger partial charge in [0.15, 0.2) is 11.5 Å². The maximum Gasteiger partial charge on any atom is 0.320 e. The van der Waals surface area contributed by atoms with Gasteiger partial charge in [0.05, 0.1) is 34.5 Å². The van der Waals surface area contributed by atoms with Gasteiger partial charge < -0.3 is 24.1 Å². The fourth-order valence-corrected chi connectivity index (χ4v) is 4.72. The summed E-state index contributed by atoms with van der Waals surface area (Å²) in [5.74, 6) is 1.63. The van der Waals surface area contributed by atoms with Gasteiger partial charge >= 0.3 is 5.97 Å². The minimum Gasteiger partial charge on any atom is -0.497 e. The van der Waals surface area contributed by atoms with Crippen molar-refractivity contribution < 1.29 is 28.8 Å². The molecule has 2 atom stereocenters. The molecule has 2 unspecified atom stereocenters. The second kappa shape index (κ2) is 10.2. The van der Waals surface area contributed by atoms with Crippen molar-refractivity contribution in [1.82, 2.24) is 4.90 Å². The number of hydrogen-bond donors (Lipinski definition) is 1. The molecule has 0 bridgehead atoms. The number of nitrogens with zero attached hydrogens (tertiary/aromatic N) is 1. The summed E-state index contributed by atoms with van der Waals surface area (Å²) < 4.78 is 22.8. The van der Waals surface area contributed by atoms with Gasteiger partial charge in [-0.05, 0) is 49.2 Å². The van der Waals surface area contributed by atoms with E-state index in [1.807, 2.05) is 35.2 Å². The van der Waals surface area contributed by atoms with Crippen molar-refractivity contribution in [3.8, 4) is 23.0 Å². The lowest BCUT2D eigenvalue weighted by atomic mass is 9.91. The minimum absolute atomic E-state index is 0.378. The largest absolute Gasteiger partial charge is 0.497 e. The molecule has 1 N–H and O–H groups in total. The molecular weight excluding hydrogens is 466 g/mol. The van der Waals surface area contributed by atoms with Crippen molar-refractivity contribution >= 4 is 21.9 Å². The first-order valence-electron chi connectivity index (χ1n) is 10.1. The number of ether oxygens (including phenoxy) is 4. The molecular formula is C23H28BrNO6. The van der Waals surface area contributed by atoms with Gasteiger partial charge in [0.25, 0.3) is 0 Å². The third-order valence-corrected chi connectivity index (χ3v) is 6.38. The Morgan fingerprint density at radius 3 is 2.26 bits per heavy atom. The number of halogens is 1. The summed E-state index contributed by atoms with van der Waals surface area (Å²) in [5, 5.41) is 9.96. The predicted molar refractivity (Wildman–Crippen MR) is 121 cm³/mol. The van der Waals surface area contributed by atoms with Gasteiger partial charge in [-0.2, -0.15) is 0 Å². The first kappa shape index (κ1) is 23.2. The van der Waals surface area contributed by atoms with Crippen LogP contribution in [0.15, 0.2) is 34.8 Å². The van der Waals surface area contributed by atoms with Crippen molar-refractivity contribution in [3.05, 3.63) is 45.9 Å². The summed E-state index contributed by atoms with van der Waals surface area (Å²) in [6.07, 6.45) is 2.39. The van der Waals surface area contributed by atoms with Crippen LogP contribution in [0.2, 0.25) is 0 Å². The normalized spacial score (nSPS) is 17.6. The zero-order valence-corrected chi connectivity index (χ0v) is 19.8. The standard InChI is InChI=1S/C23H28BrNO6/c1-28-14-8-9-15(19(11-14)29-2)22(25-10-6-5-7-18(25)23(26)27)16-12-20(30-3)21(31-4)13-17(16)24/h8-9,11-13,18,22H,5-7,10H2,1-4H3,(H,26,27). The number of methoxy groups -OCH3 is 4. The second-order valence-electron chi connectivity index (χ2n) is 7.33. The number of likely N-dealkylation sites (tertiary alicyclic amines) is 1. The van der Waals surface area contributed by atoms with Gasteiger partial charge in [-0.25, -0.2) is 0 Å². The predicted octanol–water partition coefficient (Wildman–Crippen LogP) is 4.51. The van der Waals surface area contributed by atoms with Gasteiger partial charge in [-0.3, -0.25) is 9.69 Å². The number of piperidine rings is 1. The number of hydrogen-bond acceptors (Lipinski definition) is 6. The van der Waals surface area contributed by atoms with Crippen LogP contribution in [0.25, 0.3) is 0 Å². The molecule has 1 saturated heterocycles. The van der Waals surface area contributed by atoms with Crippen molar-refractivity contribution in [2.24, 2.45) is 0 Å². The first-order chi connectivity index (χ1) is 14.9. The van der Waals surface area contributed by atoms with E-state index < -0.39 is 12.0 Å². The lowest BCUT2D eigenvalue weighted by Gasteiger charge is -2.40. The van der Waals surface area contributed by atoms with E-state index in [-0.39, 0.29) is 6.04 Å². The van der Waals surface area contributed by atoms with Crippen LogP contribution in [-0.4, -0.2) is 57.0 Å². The summed E-state index contributed by atoms with van der Waals surface area (Å²) in [5.41, 5.74) is 1.72. The molecule has 2 aromatic carbocycles. The van der Waals surface area contributed by atoms with E-state index in [4.69, 9.17) is 18.9 Å². The number of rotatable bonds is 8. The lowest BCUT2D eigenvalue weighted by Crippen LogP contribution is -2.47. The Hall–Kier alpha value is -2.45. The van der Waals surface area contributed by atoms with Crippen LogP contribution in [0, 0.1) is 0 Å². The average molecular weight is 494 g/mol. The lowest BCUT2D eigenvalue weighted by molar-refractivity contribution is -0.145. The molecule has 7 nitrogen and oxygen atoms in total. The van der Waals surface area contributed by atoms with E-state index in [1.165, 1.54) is 0 Å². The maximum absolute atomic E-state index is 12.1. The van der Waals surface area contributed by atoms with Crippen LogP contribution in [0.4, 0.5) is 0 Å². The third kappa shape index (κ3) is 4.75. The summed E-state index contributed by atoms with van der Waals surface area (Å²) >= 11 is 3.67. The quantitative estimate of drug-likeness (QED) is 0.579. The Bertz CT molecular complexity index is 935. The molecule has 31 heavy (non-hydrogen) atoms. The average Bonchev–Trinajstić information content (AvgIpc) is 2.80. The van der Waals surface area contributed by atoms with Crippen LogP contribution in [0.1, 0.15) is 36.4 Å². The highest BCUT2D eigenvalue weighted by molar-refractivity contribution is 9.10. The second-order valence-corrected chi connectivity index (χ2v) is 8.18.